The molecule has 2 aliphatic heterocycles. The van der Waals surface area contributed by atoms with Gasteiger partial charge in [0.05, 0.1) is 18.6 Å². The van der Waals surface area contributed by atoms with Crippen LogP contribution in [0.3, 0.4) is 0 Å². The number of aliphatic hydroxyl groups excluding tert-OH is 1. The van der Waals surface area contributed by atoms with E-state index in [1.54, 1.807) is 0 Å². The van der Waals surface area contributed by atoms with Crippen molar-refractivity contribution >= 4 is 11.8 Å². The molecule has 0 radical (unpaired) electrons. The quantitative estimate of drug-likeness (QED) is 0.278. The number of ether oxygens (including phenoxy) is 2. The average molecular weight is 242 g/mol. The fraction of sp³-hybridized carbons (Fsp3) is 0.636. The molecule has 94 valence electrons. The van der Waals surface area contributed by atoms with Gasteiger partial charge in [-0.05, 0) is 19.1 Å². The molecule has 6 nitrogen and oxygen atoms in total. The number of carbonyl (C=O) groups excluding carboxylic acids is 2. The standard InChI is InChI=1S/C11H14O6/c1-6-8(17-6)2-3-9(13)11(15)7(4-12)5-16-10(11)14/h2-3,6-8,12,15H,4-5H2,1H3/b3-2+/t6-,7+,8+,11-/m1/s1. The topological polar surface area (TPSA) is 96.4 Å². The van der Waals surface area contributed by atoms with Crippen LogP contribution in [0.1, 0.15) is 6.92 Å². The lowest BCUT2D eigenvalue weighted by atomic mass is 9.86. The Morgan fingerprint density at radius 1 is 1.65 bits per heavy atom. The summed E-state index contributed by atoms with van der Waals surface area (Å²) in [6.45, 7) is 1.20. The number of rotatable bonds is 4. The van der Waals surface area contributed by atoms with E-state index in [9.17, 15) is 14.7 Å². The summed E-state index contributed by atoms with van der Waals surface area (Å²) in [6, 6.07) is 0. The summed E-state index contributed by atoms with van der Waals surface area (Å²) in [6.07, 6.45) is 2.51. The lowest BCUT2D eigenvalue weighted by Gasteiger charge is -2.20. The molecule has 17 heavy (non-hydrogen) atoms. The Balaban J connectivity index is 2.10. The lowest BCUT2D eigenvalue weighted by molar-refractivity contribution is -0.160. The third-order valence-electron chi connectivity index (χ3n) is 3.11. The minimum absolute atomic E-state index is 0.0536. The first-order valence-corrected chi connectivity index (χ1v) is 5.38. The van der Waals surface area contributed by atoms with Crippen molar-refractivity contribution in [3.63, 3.8) is 0 Å². The Kier molecular flexibility index (Phi) is 3.03. The Labute approximate surface area is 97.8 Å². The summed E-state index contributed by atoms with van der Waals surface area (Å²) in [7, 11) is 0. The van der Waals surface area contributed by atoms with Gasteiger partial charge in [0.15, 0.2) is 5.78 Å². The monoisotopic (exact) mass is 242 g/mol. The van der Waals surface area contributed by atoms with Crippen molar-refractivity contribution in [3.05, 3.63) is 12.2 Å². The first-order chi connectivity index (χ1) is 8.00. The fourth-order valence-corrected chi connectivity index (χ4v) is 1.77. The molecule has 2 saturated heterocycles. The number of esters is 1. The summed E-state index contributed by atoms with van der Waals surface area (Å²) in [5.41, 5.74) is -2.26. The molecule has 2 fully saturated rings. The maximum Gasteiger partial charge on any atom is 0.346 e. The molecule has 4 atom stereocenters. The van der Waals surface area contributed by atoms with Gasteiger partial charge in [-0.1, -0.05) is 0 Å². The Morgan fingerprint density at radius 2 is 2.29 bits per heavy atom. The highest BCUT2D eigenvalue weighted by Gasteiger charge is 2.55. The molecule has 0 spiro atoms. The number of epoxide rings is 1. The van der Waals surface area contributed by atoms with E-state index >= 15 is 0 Å². The van der Waals surface area contributed by atoms with Gasteiger partial charge in [-0.15, -0.1) is 0 Å². The molecule has 2 aliphatic rings. The number of ketones is 1. The van der Waals surface area contributed by atoms with Crippen LogP contribution in [0, 0.1) is 5.92 Å². The van der Waals surface area contributed by atoms with Crippen LogP contribution >= 0.6 is 0 Å². The molecule has 2 N–H and O–H groups in total. The van der Waals surface area contributed by atoms with E-state index in [1.807, 2.05) is 6.92 Å². The summed E-state index contributed by atoms with van der Waals surface area (Å²) < 4.78 is 9.66. The van der Waals surface area contributed by atoms with Crippen molar-refractivity contribution in [2.45, 2.75) is 24.7 Å². The molecular formula is C11H14O6. The molecule has 0 aromatic carbocycles. The Morgan fingerprint density at radius 3 is 2.82 bits per heavy atom. The fourth-order valence-electron chi connectivity index (χ4n) is 1.77. The largest absolute Gasteiger partial charge is 0.463 e. The molecule has 0 aliphatic carbocycles. The second-order valence-corrected chi connectivity index (χ2v) is 4.27. The van der Waals surface area contributed by atoms with Gasteiger partial charge in [-0.2, -0.15) is 0 Å². The van der Waals surface area contributed by atoms with Crippen LogP contribution in [0.4, 0.5) is 0 Å². The molecule has 6 heteroatoms. The molecule has 0 bridgehead atoms. The van der Waals surface area contributed by atoms with Gasteiger partial charge in [-0.25, -0.2) is 4.79 Å². The Bertz CT molecular complexity index is 376. The zero-order valence-electron chi connectivity index (χ0n) is 9.33. The van der Waals surface area contributed by atoms with Crippen LogP contribution in [0.5, 0.6) is 0 Å². The molecule has 2 rings (SSSR count). The van der Waals surface area contributed by atoms with Crippen LogP contribution in [-0.2, 0) is 19.1 Å². The Hall–Kier alpha value is -1.24. The average Bonchev–Trinajstić information content (AvgIpc) is 2.93. The van der Waals surface area contributed by atoms with Gasteiger partial charge < -0.3 is 19.7 Å². The van der Waals surface area contributed by atoms with Crippen LogP contribution in [0.15, 0.2) is 12.2 Å². The van der Waals surface area contributed by atoms with Crippen molar-refractivity contribution in [2.24, 2.45) is 5.92 Å². The summed E-state index contributed by atoms with van der Waals surface area (Å²) in [5.74, 6) is -2.69. The van der Waals surface area contributed by atoms with E-state index in [2.05, 4.69) is 4.74 Å². The highest BCUT2D eigenvalue weighted by atomic mass is 16.6. The number of carbonyl (C=O) groups is 2. The third kappa shape index (κ3) is 1.99. The van der Waals surface area contributed by atoms with Crippen molar-refractivity contribution < 1.29 is 29.3 Å². The van der Waals surface area contributed by atoms with Gasteiger partial charge in [0.25, 0.3) is 0 Å². The molecule has 0 amide bonds. The summed E-state index contributed by atoms with van der Waals surface area (Å²) in [4.78, 5) is 23.1. The smallest absolute Gasteiger partial charge is 0.346 e. The summed E-state index contributed by atoms with van der Waals surface area (Å²) in [5, 5.41) is 19.0. The van der Waals surface area contributed by atoms with Gasteiger partial charge in [0.1, 0.15) is 12.7 Å². The van der Waals surface area contributed by atoms with E-state index < -0.39 is 29.9 Å². The zero-order valence-corrected chi connectivity index (χ0v) is 9.33. The number of aliphatic hydroxyl groups is 2. The lowest BCUT2D eigenvalue weighted by Crippen LogP contribution is -2.49. The van der Waals surface area contributed by atoms with Crippen LogP contribution in [-0.4, -0.2) is 53.0 Å². The predicted molar refractivity (Wildman–Crippen MR) is 55.0 cm³/mol. The molecule has 2 heterocycles. The van der Waals surface area contributed by atoms with Crippen LogP contribution in [0.2, 0.25) is 0 Å². The SMILES string of the molecule is C[C@H]1O[C@H]1/C=C/C(=O)[C@@]1(O)C(=O)OC[C@@H]1CO. The third-order valence-corrected chi connectivity index (χ3v) is 3.11. The van der Waals surface area contributed by atoms with Gasteiger partial charge >= 0.3 is 5.97 Å². The normalized spacial score (nSPS) is 40.6. The first kappa shape index (κ1) is 12.2. The van der Waals surface area contributed by atoms with Crippen molar-refractivity contribution in [1.29, 1.82) is 0 Å². The first-order valence-electron chi connectivity index (χ1n) is 5.38. The number of hydrogen-bond acceptors (Lipinski definition) is 6. The van der Waals surface area contributed by atoms with Gasteiger partial charge in [0, 0.05) is 0 Å². The zero-order chi connectivity index (χ0) is 12.6. The minimum atomic E-state index is -2.26. The van der Waals surface area contributed by atoms with E-state index in [0.29, 0.717) is 0 Å². The molecule has 0 saturated carbocycles. The van der Waals surface area contributed by atoms with Crippen LogP contribution in [0.25, 0.3) is 0 Å². The molecule has 0 aromatic rings. The van der Waals surface area contributed by atoms with E-state index in [1.165, 1.54) is 6.08 Å². The molecule has 0 aromatic heterocycles. The van der Waals surface area contributed by atoms with E-state index in [0.717, 1.165) is 6.08 Å². The van der Waals surface area contributed by atoms with Gasteiger partial charge in [-0.3, -0.25) is 4.79 Å². The second kappa shape index (κ2) is 4.21. The van der Waals surface area contributed by atoms with Crippen LogP contribution < -0.4 is 0 Å². The van der Waals surface area contributed by atoms with Crippen molar-refractivity contribution in [1.82, 2.24) is 0 Å². The maximum absolute atomic E-state index is 11.8. The van der Waals surface area contributed by atoms with Gasteiger partial charge in [0.2, 0.25) is 5.60 Å². The highest BCUT2D eigenvalue weighted by Crippen LogP contribution is 2.29. The number of hydrogen-bond donors (Lipinski definition) is 2. The number of cyclic esters (lactones) is 1. The van der Waals surface area contributed by atoms with E-state index in [-0.39, 0.29) is 18.8 Å². The van der Waals surface area contributed by atoms with Crippen molar-refractivity contribution in [2.75, 3.05) is 13.2 Å². The second-order valence-electron chi connectivity index (χ2n) is 4.27. The highest BCUT2D eigenvalue weighted by molar-refractivity contribution is 6.13. The van der Waals surface area contributed by atoms with E-state index in [4.69, 9.17) is 9.84 Å². The maximum atomic E-state index is 11.8. The van der Waals surface area contributed by atoms with Crippen molar-refractivity contribution in [3.8, 4) is 0 Å². The molecular weight excluding hydrogens is 228 g/mol. The minimum Gasteiger partial charge on any atom is -0.463 e. The predicted octanol–water partition coefficient (Wildman–Crippen LogP) is -1.20. The molecule has 0 unspecified atom stereocenters. The summed E-state index contributed by atoms with van der Waals surface area (Å²) >= 11 is 0.